The molecule has 0 saturated heterocycles. The highest BCUT2D eigenvalue weighted by Gasteiger charge is 2.45. The highest BCUT2D eigenvalue weighted by Crippen LogP contribution is 2.45. The maximum absolute atomic E-state index is 13.5. The Kier molecular flexibility index (Phi) is 6.75. The van der Waals surface area contributed by atoms with E-state index in [4.69, 9.17) is 26.2 Å². The number of hydrogen-bond donors (Lipinski definition) is 2. The third-order valence-corrected chi connectivity index (χ3v) is 5.70. The fourth-order valence-corrected chi connectivity index (χ4v) is 4.05. The highest BCUT2D eigenvalue weighted by atomic mass is 35.5. The predicted octanol–water partition coefficient (Wildman–Crippen LogP) is 4.59. The zero-order valence-corrected chi connectivity index (χ0v) is 19.2. The van der Waals surface area contributed by atoms with E-state index in [1.165, 1.54) is 30.2 Å². The molecule has 0 spiro atoms. The number of ether oxygens (including phenoxy) is 2. The van der Waals surface area contributed by atoms with Crippen molar-refractivity contribution in [3.8, 4) is 11.5 Å². The maximum atomic E-state index is 13.5. The molecule has 0 saturated carbocycles. The average molecular weight is 494 g/mol. The first-order valence-corrected chi connectivity index (χ1v) is 10.8. The molecule has 0 aromatic heterocycles. The van der Waals surface area contributed by atoms with Crippen LogP contribution in [0.2, 0.25) is 5.02 Å². The number of nitrogens with zero attached hydrogens (tertiary/aromatic N) is 1. The van der Waals surface area contributed by atoms with Gasteiger partial charge in [-0.3, -0.25) is 14.5 Å². The smallest absolute Gasteiger partial charge is 0.341 e. The fourth-order valence-electron chi connectivity index (χ4n) is 3.88. The zero-order chi connectivity index (χ0) is 25.1. The maximum Gasteiger partial charge on any atom is 0.341 e. The van der Waals surface area contributed by atoms with Gasteiger partial charge in [-0.1, -0.05) is 48.0 Å². The van der Waals surface area contributed by atoms with Gasteiger partial charge >= 0.3 is 5.97 Å². The van der Waals surface area contributed by atoms with Gasteiger partial charge in [0.25, 0.3) is 5.91 Å². The molecule has 1 aliphatic heterocycles. The number of rotatable bonds is 8. The first kappa shape index (κ1) is 23.8. The van der Waals surface area contributed by atoms with E-state index < -0.39 is 36.1 Å². The van der Waals surface area contributed by atoms with Gasteiger partial charge < -0.3 is 19.7 Å². The molecule has 0 aliphatic carbocycles. The van der Waals surface area contributed by atoms with E-state index in [9.17, 15) is 19.5 Å². The van der Waals surface area contributed by atoms with Gasteiger partial charge in [0.15, 0.2) is 18.1 Å². The van der Waals surface area contributed by atoms with Crippen molar-refractivity contribution in [3.05, 3.63) is 100 Å². The molecule has 2 N–H and O–H groups in total. The van der Waals surface area contributed by atoms with Crippen LogP contribution in [0.1, 0.15) is 22.0 Å². The molecule has 9 heteroatoms. The van der Waals surface area contributed by atoms with Crippen molar-refractivity contribution >= 4 is 34.9 Å². The Morgan fingerprint density at radius 1 is 1.03 bits per heavy atom. The van der Waals surface area contributed by atoms with Crippen LogP contribution in [0.3, 0.4) is 0 Å². The monoisotopic (exact) mass is 493 g/mol. The Labute approximate surface area is 205 Å². The van der Waals surface area contributed by atoms with Crippen molar-refractivity contribution in [1.82, 2.24) is 0 Å². The molecule has 3 aromatic rings. The standard InChI is InChI=1S/C26H20ClNO7/c1-34-18-10-8-17(9-11-18)28-23(19-12-7-16(27)13-20(19)35-14-21(29)30)22(25(32)26(28)33)24(31)15-5-3-2-4-6-15/h2-13,23,32H,14H2,1H3,(H,29,30). The zero-order valence-electron chi connectivity index (χ0n) is 18.5. The second-order valence-electron chi connectivity index (χ2n) is 7.60. The van der Waals surface area contributed by atoms with Gasteiger partial charge in [0.2, 0.25) is 0 Å². The van der Waals surface area contributed by atoms with Crippen molar-refractivity contribution in [2.24, 2.45) is 0 Å². The molecule has 3 aromatic carbocycles. The summed E-state index contributed by atoms with van der Waals surface area (Å²) in [5, 5.41) is 20.3. The van der Waals surface area contributed by atoms with E-state index in [1.807, 2.05) is 0 Å². The number of aliphatic hydroxyl groups is 1. The Morgan fingerprint density at radius 2 is 1.71 bits per heavy atom. The summed E-state index contributed by atoms with van der Waals surface area (Å²) in [5.41, 5.74) is 0.760. The van der Waals surface area contributed by atoms with Crippen molar-refractivity contribution < 1.29 is 34.1 Å². The van der Waals surface area contributed by atoms with Gasteiger partial charge in [-0.25, -0.2) is 4.79 Å². The summed E-state index contributed by atoms with van der Waals surface area (Å²) in [4.78, 5) is 39.3. The van der Waals surface area contributed by atoms with E-state index in [-0.39, 0.29) is 27.5 Å². The lowest BCUT2D eigenvalue weighted by atomic mass is 9.92. The van der Waals surface area contributed by atoms with Gasteiger partial charge in [-0.05, 0) is 36.4 Å². The normalized spacial score (nSPS) is 15.3. The quantitative estimate of drug-likeness (QED) is 0.441. The van der Waals surface area contributed by atoms with Crippen LogP contribution in [0.25, 0.3) is 0 Å². The Bertz CT molecular complexity index is 1320. The number of anilines is 1. The summed E-state index contributed by atoms with van der Waals surface area (Å²) < 4.78 is 10.6. The molecule has 4 rings (SSSR count). The van der Waals surface area contributed by atoms with E-state index in [1.54, 1.807) is 54.6 Å². The van der Waals surface area contributed by atoms with Crippen molar-refractivity contribution in [2.75, 3.05) is 18.6 Å². The lowest BCUT2D eigenvalue weighted by molar-refractivity contribution is -0.139. The number of hydrogen-bond acceptors (Lipinski definition) is 6. The van der Waals surface area contributed by atoms with Crippen molar-refractivity contribution in [1.29, 1.82) is 0 Å². The van der Waals surface area contributed by atoms with Gasteiger partial charge in [-0.15, -0.1) is 0 Å². The average Bonchev–Trinajstić information content (AvgIpc) is 3.13. The topological polar surface area (TPSA) is 113 Å². The number of ketones is 1. The molecule has 1 amide bonds. The van der Waals surface area contributed by atoms with Crippen LogP contribution in [0.4, 0.5) is 5.69 Å². The molecule has 0 radical (unpaired) electrons. The number of carboxylic acid groups (broad SMARTS) is 1. The summed E-state index contributed by atoms with van der Waals surface area (Å²) in [7, 11) is 1.50. The van der Waals surface area contributed by atoms with Gasteiger partial charge in [-0.2, -0.15) is 0 Å². The van der Waals surface area contributed by atoms with E-state index in [0.717, 1.165) is 0 Å². The Morgan fingerprint density at radius 3 is 2.34 bits per heavy atom. The molecule has 1 atom stereocenters. The van der Waals surface area contributed by atoms with Crippen LogP contribution in [-0.2, 0) is 9.59 Å². The van der Waals surface area contributed by atoms with Crippen molar-refractivity contribution in [3.63, 3.8) is 0 Å². The number of halogens is 1. The minimum atomic E-state index is -1.22. The highest BCUT2D eigenvalue weighted by molar-refractivity contribution is 6.30. The first-order valence-electron chi connectivity index (χ1n) is 10.5. The van der Waals surface area contributed by atoms with Crippen molar-refractivity contribution in [2.45, 2.75) is 6.04 Å². The summed E-state index contributed by atoms with van der Waals surface area (Å²) in [6, 6.07) is 18.1. The Hall–Kier alpha value is -4.30. The molecule has 0 fully saturated rings. The number of aliphatic carboxylic acids is 1. The number of carboxylic acids is 1. The van der Waals surface area contributed by atoms with Crippen LogP contribution < -0.4 is 14.4 Å². The SMILES string of the molecule is COc1ccc(N2C(=O)C(O)=C(C(=O)c3ccccc3)C2c2ccc(Cl)cc2OCC(=O)O)cc1. The molecule has 1 aliphatic rings. The van der Waals surface area contributed by atoms with Crippen LogP contribution >= 0.6 is 11.6 Å². The molecular formula is C26H20ClNO7. The molecule has 178 valence electrons. The number of carbonyl (C=O) groups excluding carboxylic acids is 2. The van der Waals surface area contributed by atoms with Gasteiger partial charge in [0, 0.05) is 21.8 Å². The fraction of sp³-hybridized carbons (Fsp3) is 0.115. The van der Waals surface area contributed by atoms with Crippen LogP contribution in [0.15, 0.2) is 84.1 Å². The summed E-state index contributed by atoms with van der Waals surface area (Å²) in [6.45, 7) is -0.672. The van der Waals surface area contributed by atoms with E-state index in [2.05, 4.69) is 0 Å². The number of aliphatic hydroxyl groups excluding tert-OH is 1. The van der Waals surface area contributed by atoms with E-state index >= 15 is 0 Å². The number of amides is 1. The summed E-state index contributed by atoms with van der Waals surface area (Å²) >= 11 is 6.13. The molecule has 35 heavy (non-hydrogen) atoms. The predicted molar refractivity (Wildman–Crippen MR) is 128 cm³/mol. The molecule has 1 unspecified atom stereocenters. The molecular weight excluding hydrogens is 474 g/mol. The Balaban J connectivity index is 1.90. The first-order chi connectivity index (χ1) is 16.8. The van der Waals surface area contributed by atoms with Crippen LogP contribution in [0, 0.1) is 0 Å². The summed E-state index contributed by atoms with van der Waals surface area (Å²) in [6.07, 6.45) is 0. The minimum Gasteiger partial charge on any atom is -0.503 e. The van der Waals surface area contributed by atoms with Crippen LogP contribution in [0.5, 0.6) is 11.5 Å². The van der Waals surface area contributed by atoms with Crippen LogP contribution in [-0.4, -0.2) is 41.6 Å². The molecule has 1 heterocycles. The molecule has 8 nitrogen and oxygen atoms in total. The van der Waals surface area contributed by atoms with Gasteiger partial charge in [0.05, 0.1) is 18.7 Å². The third-order valence-electron chi connectivity index (χ3n) is 5.46. The summed E-state index contributed by atoms with van der Waals surface area (Å²) in [5.74, 6) is -2.67. The third kappa shape index (κ3) is 4.69. The molecule has 0 bridgehead atoms. The second kappa shape index (κ2) is 9.90. The van der Waals surface area contributed by atoms with E-state index in [0.29, 0.717) is 11.4 Å². The number of Topliss-reactive ketones (excluding diaryl/α,β-unsaturated/α-hetero) is 1. The van der Waals surface area contributed by atoms with Gasteiger partial charge in [0.1, 0.15) is 11.5 Å². The lowest BCUT2D eigenvalue weighted by Gasteiger charge is -2.28. The largest absolute Gasteiger partial charge is 0.503 e. The minimum absolute atomic E-state index is 0.0595. The lowest BCUT2D eigenvalue weighted by Crippen LogP contribution is -2.31. The number of methoxy groups -OCH3 is 1. The number of carbonyl (C=O) groups is 3. The number of benzene rings is 3. The second-order valence-corrected chi connectivity index (χ2v) is 8.03.